The highest BCUT2D eigenvalue weighted by molar-refractivity contribution is 7.90. The van der Waals surface area contributed by atoms with E-state index in [9.17, 15) is 21.6 Å². The molecule has 1 heterocycles. The summed E-state index contributed by atoms with van der Waals surface area (Å²) in [6.45, 7) is 0. The van der Waals surface area contributed by atoms with Crippen molar-refractivity contribution in [3.63, 3.8) is 0 Å². The zero-order valence-electron chi connectivity index (χ0n) is 13.3. The molecule has 0 radical (unpaired) electrons. The van der Waals surface area contributed by atoms with Gasteiger partial charge in [0.2, 0.25) is 0 Å². The van der Waals surface area contributed by atoms with E-state index in [2.05, 4.69) is 5.10 Å². The molecular formula is C17H12ClF3N2O2S. The van der Waals surface area contributed by atoms with E-state index >= 15 is 0 Å². The Bertz CT molecular complexity index is 1040. The standard InChI is InChI=1S/C17H12ClF3N2O2S/c1-26(24,25)14-8-6-13(7-9-14)23-15(10-16(22-23)17(19,20)21)11-2-4-12(18)5-3-11/h2-10H,1H3. The molecule has 0 aliphatic carbocycles. The number of alkyl halides is 3. The molecule has 0 fully saturated rings. The lowest BCUT2D eigenvalue weighted by Crippen LogP contribution is -2.07. The van der Waals surface area contributed by atoms with Gasteiger partial charge in [0.15, 0.2) is 15.5 Å². The normalized spacial score (nSPS) is 12.3. The lowest BCUT2D eigenvalue weighted by atomic mass is 10.1. The summed E-state index contributed by atoms with van der Waals surface area (Å²) < 4.78 is 63.6. The largest absolute Gasteiger partial charge is 0.435 e. The molecule has 0 amide bonds. The molecule has 4 nitrogen and oxygen atoms in total. The van der Waals surface area contributed by atoms with Crippen LogP contribution in [0.2, 0.25) is 5.02 Å². The molecule has 0 atom stereocenters. The van der Waals surface area contributed by atoms with Crippen molar-refractivity contribution in [2.75, 3.05) is 6.26 Å². The summed E-state index contributed by atoms with van der Waals surface area (Å²) in [7, 11) is -3.41. The van der Waals surface area contributed by atoms with Crippen molar-refractivity contribution in [3.8, 4) is 16.9 Å². The minimum atomic E-state index is -4.61. The first-order valence-electron chi connectivity index (χ1n) is 7.29. The first-order valence-corrected chi connectivity index (χ1v) is 9.56. The molecule has 1 aromatic heterocycles. The molecule has 3 rings (SSSR count). The van der Waals surface area contributed by atoms with Crippen molar-refractivity contribution < 1.29 is 21.6 Å². The molecule has 0 bridgehead atoms. The van der Waals surface area contributed by atoms with Crippen molar-refractivity contribution in [2.24, 2.45) is 0 Å². The lowest BCUT2D eigenvalue weighted by molar-refractivity contribution is -0.141. The van der Waals surface area contributed by atoms with Crippen LogP contribution in [0.15, 0.2) is 59.5 Å². The second kappa shape index (κ2) is 6.44. The molecule has 0 saturated carbocycles. The topological polar surface area (TPSA) is 52.0 Å². The summed E-state index contributed by atoms with van der Waals surface area (Å²) in [5.41, 5.74) is -0.0434. The fourth-order valence-electron chi connectivity index (χ4n) is 2.38. The van der Waals surface area contributed by atoms with Gasteiger partial charge in [0.1, 0.15) is 0 Å². The van der Waals surface area contributed by atoms with Crippen LogP contribution in [0, 0.1) is 0 Å². The Morgan fingerprint density at radius 2 is 1.58 bits per heavy atom. The third-order valence-electron chi connectivity index (χ3n) is 3.65. The van der Waals surface area contributed by atoms with Crippen molar-refractivity contribution in [2.45, 2.75) is 11.1 Å². The van der Waals surface area contributed by atoms with E-state index < -0.39 is 21.7 Å². The predicted molar refractivity (Wildman–Crippen MR) is 92.1 cm³/mol. The van der Waals surface area contributed by atoms with Crippen LogP contribution in [0.1, 0.15) is 5.69 Å². The molecule has 0 aliphatic rings. The zero-order chi connectivity index (χ0) is 19.1. The van der Waals surface area contributed by atoms with Crippen molar-refractivity contribution in [1.82, 2.24) is 9.78 Å². The van der Waals surface area contributed by atoms with Gasteiger partial charge in [-0.3, -0.25) is 0 Å². The van der Waals surface area contributed by atoms with E-state index in [1.165, 1.54) is 24.3 Å². The number of nitrogens with zero attached hydrogens (tertiary/aromatic N) is 2. The van der Waals surface area contributed by atoms with Crippen LogP contribution in [0.5, 0.6) is 0 Å². The van der Waals surface area contributed by atoms with Gasteiger partial charge in [-0.15, -0.1) is 0 Å². The highest BCUT2D eigenvalue weighted by atomic mass is 35.5. The van der Waals surface area contributed by atoms with Gasteiger partial charge in [-0.1, -0.05) is 23.7 Å². The van der Waals surface area contributed by atoms with Crippen molar-refractivity contribution >= 4 is 21.4 Å². The summed E-state index contributed by atoms with van der Waals surface area (Å²) in [5, 5.41) is 4.10. The molecule has 0 spiro atoms. The minimum absolute atomic E-state index is 0.0671. The lowest BCUT2D eigenvalue weighted by Gasteiger charge is -2.08. The third-order valence-corrected chi connectivity index (χ3v) is 5.03. The van der Waals surface area contributed by atoms with E-state index in [0.29, 0.717) is 16.3 Å². The first kappa shape index (κ1) is 18.5. The van der Waals surface area contributed by atoms with E-state index in [-0.39, 0.29) is 10.6 Å². The second-order valence-corrected chi connectivity index (χ2v) is 8.05. The Morgan fingerprint density at radius 1 is 1.00 bits per heavy atom. The minimum Gasteiger partial charge on any atom is -0.233 e. The Morgan fingerprint density at radius 3 is 2.08 bits per heavy atom. The highest BCUT2D eigenvalue weighted by Crippen LogP contribution is 2.33. The maximum Gasteiger partial charge on any atom is 0.435 e. The maximum atomic E-state index is 13.1. The summed E-state index contributed by atoms with van der Waals surface area (Å²) in [5.74, 6) is 0. The second-order valence-electron chi connectivity index (χ2n) is 5.60. The summed E-state index contributed by atoms with van der Waals surface area (Å²) in [4.78, 5) is 0.0671. The number of halogens is 4. The van der Waals surface area contributed by atoms with Crippen LogP contribution < -0.4 is 0 Å². The van der Waals surface area contributed by atoms with Crippen LogP contribution in [0.4, 0.5) is 13.2 Å². The summed E-state index contributed by atoms with van der Waals surface area (Å²) in [6.07, 6.45) is -3.56. The number of hydrogen-bond acceptors (Lipinski definition) is 3. The Labute approximate surface area is 152 Å². The van der Waals surface area contributed by atoms with Crippen molar-refractivity contribution in [3.05, 3.63) is 65.3 Å². The number of hydrogen-bond donors (Lipinski definition) is 0. The molecular weight excluding hydrogens is 389 g/mol. The maximum absolute atomic E-state index is 13.1. The van der Waals surface area contributed by atoms with Crippen LogP contribution in [-0.4, -0.2) is 24.5 Å². The Balaban J connectivity index is 2.16. The fraction of sp³-hybridized carbons (Fsp3) is 0.118. The van der Waals surface area contributed by atoms with E-state index in [0.717, 1.165) is 17.0 Å². The highest BCUT2D eigenvalue weighted by Gasteiger charge is 2.35. The smallest absolute Gasteiger partial charge is 0.233 e. The molecule has 136 valence electrons. The van der Waals surface area contributed by atoms with Gasteiger partial charge in [0.25, 0.3) is 0 Å². The monoisotopic (exact) mass is 400 g/mol. The molecule has 0 aliphatic heterocycles. The van der Waals surface area contributed by atoms with Gasteiger partial charge in [-0.25, -0.2) is 13.1 Å². The molecule has 0 N–H and O–H groups in total. The first-order chi connectivity index (χ1) is 12.1. The zero-order valence-corrected chi connectivity index (χ0v) is 14.9. The molecule has 2 aromatic carbocycles. The van der Waals surface area contributed by atoms with Crippen LogP contribution in [0.3, 0.4) is 0 Å². The molecule has 3 aromatic rings. The van der Waals surface area contributed by atoms with Gasteiger partial charge in [-0.05, 0) is 42.5 Å². The molecule has 9 heteroatoms. The predicted octanol–water partition coefficient (Wildman–Crippen LogP) is 4.62. The SMILES string of the molecule is CS(=O)(=O)c1ccc(-n2nc(C(F)(F)F)cc2-c2ccc(Cl)cc2)cc1. The van der Waals surface area contributed by atoms with Gasteiger partial charge in [0, 0.05) is 16.8 Å². The quantitative estimate of drug-likeness (QED) is 0.645. The third kappa shape index (κ3) is 3.76. The van der Waals surface area contributed by atoms with Gasteiger partial charge < -0.3 is 0 Å². The van der Waals surface area contributed by atoms with Crippen LogP contribution in [0.25, 0.3) is 16.9 Å². The van der Waals surface area contributed by atoms with Gasteiger partial charge in [0.05, 0.1) is 16.3 Å². The summed E-state index contributed by atoms with van der Waals surface area (Å²) in [6, 6.07) is 12.7. The Kier molecular flexibility index (Phi) is 4.58. The number of rotatable bonds is 3. The van der Waals surface area contributed by atoms with Crippen LogP contribution >= 0.6 is 11.6 Å². The fourth-order valence-corrected chi connectivity index (χ4v) is 3.13. The Hall–Kier alpha value is -2.32. The number of sulfone groups is 1. The van der Waals surface area contributed by atoms with E-state index in [4.69, 9.17) is 11.6 Å². The van der Waals surface area contributed by atoms with E-state index in [1.807, 2.05) is 0 Å². The molecule has 26 heavy (non-hydrogen) atoms. The van der Waals surface area contributed by atoms with E-state index in [1.54, 1.807) is 24.3 Å². The summed E-state index contributed by atoms with van der Waals surface area (Å²) >= 11 is 5.83. The van der Waals surface area contributed by atoms with Gasteiger partial charge >= 0.3 is 6.18 Å². The van der Waals surface area contributed by atoms with Crippen molar-refractivity contribution in [1.29, 1.82) is 0 Å². The van der Waals surface area contributed by atoms with Gasteiger partial charge in [-0.2, -0.15) is 18.3 Å². The molecule has 0 saturated heterocycles. The van der Waals surface area contributed by atoms with Crippen LogP contribution in [-0.2, 0) is 16.0 Å². The number of aromatic nitrogens is 2. The average molecular weight is 401 g/mol. The number of benzene rings is 2. The average Bonchev–Trinajstić information content (AvgIpc) is 3.00. The molecule has 0 unspecified atom stereocenters.